The van der Waals surface area contributed by atoms with Crippen molar-refractivity contribution in [1.29, 1.82) is 0 Å². The van der Waals surface area contributed by atoms with Gasteiger partial charge in [-0.3, -0.25) is 9.78 Å². The Morgan fingerprint density at radius 1 is 1.72 bits per heavy atom. The van der Waals surface area contributed by atoms with E-state index in [1.165, 1.54) is 11.8 Å². The maximum Gasteiger partial charge on any atom is 0.321 e. The van der Waals surface area contributed by atoms with Gasteiger partial charge in [-0.25, -0.2) is 0 Å². The molecule has 18 heavy (non-hydrogen) atoms. The molecular weight excluding hydrogens is 252 g/mol. The molecule has 1 rings (SSSR count). The van der Waals surface area contributed by atoms with Crippen LogP contribution in [0.25, 0.3) is 6.08 Å². The Hall–Kier alpha value is -1.53. The molecule has 1 heterocycles. The summed E-state index contributed by atoms with van der Waals surface area (Å²) >= 11 is 1.35. The molecule has 0 aliphatic rings. The first-order valence-electron chi connectivity index (χ1n) is 5.33. The van der Waals surface area contributed by atoms with Crippen LogP contribution in [0.1, 0.15) is 16.8 Å². The summed E-state index contributed by atoms with van der Waals surface area (Å²) < 4.78 is 0. The third kappa shape index (κ3) is 3.48. The van der Waals surface area contributed by atoms with Gasteiger partial charge in [-0.1, -0.05) is 12.7 Å². The predicted octanol–water partition coefficient (Wildman–Crippen LogP) is 1.38. The second-order valence-electron chi connectivity index (χ2n) is 3.79. The number of aryl methyl sites for hydroxylation is 1. The lowest BCUT2D eigenvalue weighted by Crippen LogP contribution is -2.32. The molecule has 0 amide bonds. The fourth-order valence-electron chi connectivity index (χ4n) is 1.35. The van der Waals surface area contributed by atoms with Crippen LogP contribution in [0.4, 0.5) is 0 Å². The van der Waals surface area contributed by atoms with E-state index in [2.05, 4.69) is 11.6 Å². The van der Waals surface area contributed by atoms with Crippen LogP contribution in [-0.2, 0) is 10.5 Å². The van der Waals surface area contributed by atoms with Gasteiger partial charge in [-0.05, 0) is 12.5 Å². The topological polar surface area (TPSA) is 96.4 Å². The summed E-state index contributed by atoms with van der Waals surface area (Å²) in [4.78, 5) is 14.6. The van der Waals surface area contributed by atoms with E-state index in [4.69, 9.17) is 10.8 Å². The maximum atomic E-state index is 10.6. The zero-order valence-electron chi connectivity index (χ0n) is 10.1. The Morgan fingerprint density at radius 3 is 2.94 bits per heavy atom. The first-order valence-corrected chi connectivity index (χ1v) is 6.48. The molecule has 0 saturated heterocycles. The number of aromatic hydroxyl groups is 1. The standard InChI is InChI=1S/C12H16N2O3S/c1-3-8-4-14-7(2)11(15)9(8)5-18-6-10(13)12(16)17/h3-4,10,15H,1,5-6,13H2,2H3,(H,16,17). The lowest BCUT2D eigenvalue weighted by atomic mass is 10.1. The Balaban J connectivity index is 2.75. The van der Waals surface area contributed by atoms with Crippen molar-refractivity contribution in [2.75, 3.05) is 5.75 Å². The number of carbonyl (C=O) groups is 1. The largest absolute Gasteiger partial charge is 0.506 e. The van der Waals surface area contributed by atoms with E-state index >= 15 is 0 Å². The summed E-state index contributed by atoms with van der Waals surface area (Å²) in [5.41, 5.74) is 7.40. The highest BCUT2D eigenvalue weighted by Gasteiger charge is 2.14. The highest BCUT2D eigenvalue weighted by molar-refractivity contribution is 7.98. The summed E-state index contributed by atoms with van der Waals surface area (Å²) in [5, 5.41) is 18.6. The molecule has 1 aromatic rings. The number of hydrogen-bond acceptors (Lipinski definition) is 5. The number of carboxylic acid groups (broad SMARTS) is 1. The van der Waals surface area contributed by atoms with Gasteiger partial charge in [0.15, 0.2) is 0 Å². The molecule has 0 spiro atoms. The number of nitrogens with zero attached hydrogens (tertiary/aromatic N) is 1. The first kappa shape index (κ1) is 14.5. The Labute approximate surface area is 110 Å². The van der Waals surface area contributed by atoms with E-state index in [-0.39, 0.29) is 11.5 Å². The molecular formula is C12H16N2O3S. The van der Waals surface area contributed by atoms with Crippen LogP contribution in [0, 0.1) is 6.92 Å². The molecule has 1 aromatic heterocycles. The molecule has 0 radical (unpaired) electrons. The molecule has 98 valence electrons. The van der Waals surface area contributed by atoms with Crippen molar-refractivity contribution in [2.24, 2.45) is 5.73 Å². The van der Waals surface area contributed by atoms with Crippen molar-refractivity contribution in [3.05, 3.63) is 29.6 Å². The number of carboxylic acids is 1. The van der Waals surface area contributed by atoms with Crippen LogP contribution in [0.5, 0.6) is 5.75 Å². The van der Waals surface area contributed by atoms with E-state index in [0.29, 0.717) is 17.0 Å². The molecule has 0 fully saturated rings. The minimum absolute atomic E-state index is 0.129. The fourth-order valence-corrected chi connectivity index (χ4v) is 2.37. The summed E-state index contributed by atoms with van der Waals surface area (Å²) in [5.74, 6) is -0.144. The summed E-state index contributed by atoms with van der Waals surface area (Å²) in [6.07, 6.45) is 3.24. The molecule has 1 unspecified atom stereocenters. The van der Waals surface area contributed by atoms with E-state index in [1.54, 1.807) is 19.2 Å². The van der Waals surface area contributed by atoms with Gasteiger partial charge >= 0.3 is 5.97 Å². The van der Waals surface area contributed by atoms with Crippen LogP contribution >= 0.6 is 11.8 Å². The SMILES string of the molecule is C=Cc1cnc(C)c(O)c1CSCC(N)C(=O)O. The van der Waals surface area contributed by atoms with Gasteiger partial charge in [-0.2, -0.15) is 11.8 Å². The van der Waals surface area contributed by atoms with Gasteiger partial charge in [0.2, 0.25) is 0 Å². The normalized spacial score (nSPS) is 12.1. The van der Waals surface area contributed by atoms with Crippen LogP contribution in [0.3, 0.4) is 0 Å². The zero-order chi connectivity index (χ0) is 13.7. The molecule has 0 aromatic carbocycles. The third-order valence-corrected chi connectivity index (χ3v) is 3.54. The minimum atomic E-state index is -1.03. The highest BCUT2D eigenvalue weighted by Crippen LogP contribution is 2.28. The molecule has 4 N–H and O–H groups in total. The summed E-state index contributed by atoms with van der Waals surface area (Å²) in [6, 6.07) is -0.896. The number of nitrogens with two attached hydrogens (primary N) is 1. The quantitative estimate of drug-likeness (QED) is 0.721. The Kier molecular flexibility index (Phi) is 5.18. The van der Waals surface area contributed by atoms with Gasteiger partial charge in [-0.15, -0.1) is 0 Å². The van der Waals surface area contributed by atoms with Crippen molar-refractivity contribution in [2.45, 2.75) is 18.7 Å². The Morgan fingerprint density at radius 2 is 2.39 bits per heavy atom. The van der Waals surface area contributed by atoms with E-state index < -0.39 is 12.0 Å². The second-order valence-corrected chi connectivity index (χ2v) is 4.82. The van der Waals surface area contributed by atoms with Crippen LogP contribution < -0.4 is 5.73 Å². The lowest BCUT2D eigenvalue weighted by Gasteiger charge is -2.11. The van der Waals surface area contributed by atoms with Crippen molar-refractivity contribution in [1.82, 2.24) is 4.98 Å². The predicted molar refractivity (Wildman–Crippen MR) is 72.5 cm³/mol. The lowest BCUT2D eigenvalue weighted by molar-refractivity contribution is -0.137. The van der Waals surface area contributed by atoms with E-state index in [0.717, 1.165) is 5.56 Å². The van der Waals surface area contributed by atoms with E-state index in [9.17, 15) is 9.90 Å². The van der Waals surface area contributed by atoms with Crippen LogP contribution in [0.2, 0.25) is 0 Å². The molecule has 0 saturated carbocycles. The van der Waals surface area contributed by atoms with Crippen LogP contribution in [-0.4, -0.2) is 33.0 Å². The van der Waals surface area contributed by atoms with Crippen molar-refractivity contribution in [3.63, 3.8) is 0 Å². The fraction of sp³-hybridized carbons (Fsp3) is 0.333. The van der Waals surface area contributed by atoms with Gasteiger partial charge in [0.05, 0.1) is 5.69 Å². The number of aromatic nitrogens is 1. The second kappa shape index (κ2) is 6.42. The molecule has 1 atom stereocenters. The van der Waals surface area contributed by atoms with Gasteiger partial charge in [0, 0.05) is 23.3 Å². The zero-order valence-corrected chi connectivity index (χ0v) is 10.9. The highest BCUT2D eigenvalue weighted by atomic mass is 32.2. The smallest absolute Gasteiger partial charge is 0.321 e. The molecule has 0 bridgehead atoms. The monoisotopic (exact) mass is 268 g/mol. The minimum Gasteiger partial charge on any atom is -0.506 e. The van der Waals surface area contributed by atoms with Crippen LogP contribution in [0.15, 0.2) is 12.8 Å². The number of rotatable bonds is 6. The summed E-state index contributed by atoms with van der Waals surface area (Å²) in [6.45, 7) is 5.36. The van der Waals surface area contributed by atoms with Crippen molar-refractivity contribution in [3.8, 4) is 5.75 Å². The number of pyridine rings is 1. The molecule has 0 aliphatic carbocycles. The average Bonchev–Trinajstić information content (AvgIpc) is 2.34. The van der Waals surface area contributed by atoms with Crippen molar-refractivity contribution >= 4 is 23.8 Å². The molecule has 6 heteroatoms. The maximum absolute atomic E-state index is 10.6. The van der Waals surface area contributed by atoms with Gasteiger partial charge < -0.3 is 15.9 Å². The molecule has 5 nitrogen and oxygen atoms in total. The molecule has 0 aliphatic heterocycles. The number of thioether (sulfide) groups is 1. The first-order chi connectivity index (χ1) is 8.47. The number of hydrogen-bond donors (Lipinski definition) is 3. The average molecular weight is 268 g/mol. The Bertz CT molecular complexity index is 463. The summed E-state index contributed by atoms with van der Waals surface area (Å²) in [7, 11) is 0. The van der Waals surface area contributed by atoms with Gasteiger partial charge in [0.25, 0.3) is 0 Å². The third-order valence-electron chi connectivity index (χ3n) is 2.46. The van der Waals surface area contributed by atoms with Crippen molar-refractivity contribution < 1.29 is 15.0 Å². The van der Waals surface area contributed by atoms with Gasteiger partial charge in [0.1, 0.15) is 11.8 Å². The number of aliphatic carboxylic acids is 1. The van der Waals surface area contributed by atoms with E-state index in [1.807, 2.05) is 0 Å².